The Morgan fingerprint density at radius 1 is 1.04 bits per heavy atom. The van der Waals surface area contributed by atoms with Crippen molar-refractivity contribution < 1.29 is 13.2 Å². The van der Waals surface area contributed by atoms with E-state index in [2.05, 4.69) is 9.71 Å². The fourth-order valence-corrected chi connectivity index (χ4v) is 3.22. The van der Waals surface area contributed by atoms with E-state index in [0.29, 0.717) is 18.8 Å². The Hall–Kier alpha value is -2.18. The van der Waals surface area contributed by atoms with Crippen LogP contribution in [-0.4, -0.2) is 27.8 Å². The van der Waals surface area contributed by atoms with Crippen LogP contribution in [0.15, 0.2) is 58.4 Å². The second kappa shape index (κ2) is 9.34. The second-order valence-corrected chi connectivity index (χ2v) is 7.27. The lowest BCUT2D eigenvalue weighted by atomic mass is 10.2. The number of nitrogens with zero attached hydrogens (tertiary/aromatic N) is 1. The first kappa shape index (κ1) is 19.1. The van der Waals surface area contributed by atoms with Gasteiger partial charge in [-0.2, -0.15) is 0 Å². The molecule has 0 atom stereocenters. The Labute approximate surface area is 149 Å². The normalized spacial score (nSPS) is 11.8. The van der Waals surface area contributed by atoms with Gasteiger partial charge in [0.15, 0.2) is 0 Å². The molecule has 2 rings (SSSR count). The minimum absolute atomic E-state index is 0.253. The van der Waals surface area contributed by atoms with Gasteiger partial charge in [0, 0.05) is 12.8 Å². The van der Waals surface area contributed by atoms with Crippen LogP contribution >= 0.6 is 0 Å². The van der Waals surface area contributed by atoms with Crippen LogP contribution in [0.2, 0.25) is 0 Å². The summed E-state index contributed by atoms with van der Waals surface area (Å²) in [4.78, 5) is 4.62. The van der Waals surface area contributed by atoms with Crippen LogP contribution in [0.1, 0.15) is 32.3 Å². The molecule has 0 radical (unpaired) electrons. The van der Waals surface area contributed by atoms with Gasteiger partial charge in [0.05, 0.1) is 17.2 Å². The third-order valence-electron chi connectivity index (χ3n) is 3.52. The molecular weight excluding hydrogens is 336 g/mol. The van der Waals surface area contributed by atoms with Crippen LogP contribution in [0.25, 0.3) is 0 Å². The molecule has 25 heavy (non-hydrogen) atoms. The zero-order chi connectivity index (χ0) is 18.1. The Balaban J connectivity index is 2.02. The van der Waals surface area contributed by atoms with E-state index >= 15 is 0 Å². The van der Waals surface area contributed by atoms with Crippen LogP contribution in [0.4, 0.5) is 5.69 Å². The summed E-state index contributed by atoms with van der Waals surface area (Å²) in [6.45, 7) is 5.05. The fourth-order valence-electron chi connectivity index (χ4n) is 2.14. The van der Waals surface area contributed by atoms with Crippen LogP contribution in [0.3, 0.4) is 0 Å². The van der Waals surface area contributed by atoms with Crippen molar-refractivity contribution in [2.45, 2.75) is 31.6 Å². The van der Waals surface area contributed by atoms with Gasteiger partial charge in [0.2, 0.25) is 10.0 Å². The minimum atomic E-state index is -3.44. The number of rotatable bonds is 9. The zero-order valence-electron chi connectivity index (χ0n) is 14.6. The largest absolute Gasteiger partial charge is 0.494 e. The van der Waals surface area contributed by atoms with Crippen molar-refractivity contribution in [3.05, 3.63) is 54.1 Å². The quantitative estimate of drug-likeness (QED) is 0.544. The van der Waals surface area contributed by atoms with Gasteiger partial charge < -0.3 is 4.74 Å². The van der Waals surface area contributed by atoms with Crippen molar-refractivity contribution in [1.29, 1.82) is 0 Å². The summed E-state index contributed by atoms with van der Waals surface area (Å²) in [7, 11) is -3.44. The lowest BCUT2D eigenvalue weighted by Crippen LogP contribution is -2.24. The number of benzene rings is 2. The molecule has 0 aromatic heterocycles. The average Bonchev–Trinajstić information content (AvgIpc) is 2.62. The van der Waals surface area contributed by atoms with E-state index in [-0.39, 0.29) is 4.90 Å². The van der Waals surface area contributed by atoms with Crippen molar-refractivity contribution >= 4 is 21.9 Å². The second-order valence-electron chi connectivity index (χ2n) is 5.51. The molecule has 5 nitrogen and oxygen atoms in total. The van der Waals surface area contributed by atoms with Gasteiger partial charge in [-0.1, -0.05) is 13.3 Å². The monoisotopic (exact) mass is 360 g/mol. The Morgan fingerprint density at radius 3 is 2.32 bits per heavy atom. The summed E-state index contributed by atoms with van der Waals surface area (Å²) in [6.07, 6.45) is 3.50. The highest BCUT2D eigenvalue weighted by molar-refractivity contribution is 7.89. The van der Waals surface area contributed by atoms with Crippen LogP contribution in [0, 0.1) is 0 Å². The van der Waals surface area contributed by atoms with Crippen LogP contribution < -0.4 is 9.46 Å². The molecule has 1 N–H and O–H groups in total. The van der Waals surface area contributed by atoms with Crippen LogP contribution in [0.5, 0.6) is 5.75 Å². The maximum absolute atomic E-state index is 12.1. The first-order valence-corrected chi connectivity index (χ1v) is 9.90. The fraction of sp³-hybridized carbons (Fsp3) is 0.316. The first-order valence-electron chi connectivity index (χ1n) is 8.42. The van der Waals surface area contributed by atoms with Gasteiger partial charge in [-0.25, -0.2) is 13.1 Å². The van der Waals surface area contributed by atoms with Crippen molar-refractivity contribution in [2.75, 3.05) is 13.2 Å². The van der Waals surface area contributed by atoms with Gasteiger partial charge >= 0.3 is 0 Å². The molecule has 134 valence electrons. The van der Waals surface area contributed by atoms with E-state index in [1.165, 1.54) is 0 Å². The van der Waals surface area contributed by atoms with Gasteiger partial charge in [-0.05, 0) is 67.4 Å². The molecular formula is C19H24N2O3S. The Morgan fingerprint density at radius 2 is 1.72 bits per heavy atom. The molecule has 6 heteroatoms. The van der Waals surface area contributed by atoms with E-state index < -0.39 is 10.0 Å². The standard InChI is InChI=1S/C19H24N2O3S/c1-3-5-14-21-25(22,23)19-12-8-17(9-13-19)20-15-16-6-10-18(11-7-16)24-4-2/h6-13,15,21H,3-5,14H2,1-2H3. The maximum atomic E-state index is 12.1. The summed E-state index contributed by atoms with van der Waals surface area (Å²) in [5.41, 5.74) is 1.64. The molecule has 0 spiro atoms. The molecule has 0 saturated heterocycles. The lowest BCUT2D eigenvalue weighted by Gasteiger charge is -2.06. The SMILES string of the molecule is CCCCNS(=O)(=O)c1ccc(N=Cc2ccc(OCC)cc2)cc1. The predicted octanol–water partition coefficient (Wildman–Crippen LogP) is 3.91. The zero-order valence-corrected chi connectivity index (χ0v) is 15.4. The highest BCUT2D eigenvalue weighted by Gasteiger charge is 2.12. The van der Waals surface area contributed by atoms with E-state index in [4.69, 9.17) is 4.74 Å². The highest BCUT2D eigenvalue weighted by Crippen LogP contribution is 2.17. The lowest BCUT2D eigenvalue weighted by molar-refractivity contribution is 0.340. The molecule has 0 amide bonds. The van der Waals surface area contributed by atoms with Crippen molar-refractivity contribution in [3.8, 4) is 5.75 Å². The van der Waals surface area contributed by atoms with Crippen LogP contribution in [-0.2, 0) is 10.0 Å². The number of ether oxygens (including phenoxy) is 1. The maximum Gasteiger partial charge on any atom is 0.240 e. The summed E-state index contributed by atoms with van der Waals surface area (Å²) >= 11 is 0. The molecule has 0 heterocycles. The third kappa shape index (κ3) is 5.99. The van der Waals surface area contributed by atoms with Crippen molar-refractivity contribution in [1.82, 2.24) is 4.72 Å². The first-order chi connectivity index (χ1) is 12.0. The van der Waals surface area contributed by atoms with E-state index in [1.807, 2.05) is 38.1 Å². The molecule has 0 bridgehead atoms. The number of hydrogen-bond donors (Lipinski definition) is 1. The smallest absolute Gasteiger partial charge is 0.240 e. The molecule has 0 aliphatic carbocycles. The third-order valence-corrected chi connectivity index (χ3v) is 5.00. The summed E-state index contributed by atoms with van der Waals surface area (Å²) in [5.74, 6) is 0.824. The summed E-state index contributed by atoms with van der Waals surface area (Å²) in [5, 5.41) is 0. The molecule has 0 saturated carbocycles. The van der Waals surface area contributed by atoms with Crippen molar-refractivity contribution in [2.24, 2.45) is 4.99 Å². The van der Waals surface area contributed by atoms with E-state index in [0.717, 1.165) is 24.2 Å². The molecule has 0 aliphatic rings. The molecule has 0 fully saturated rings. The topological polar surface area (TPSA) is 67.8 Å². The highest BCUT2D eigenvalue weighted by atomic mass is 32.2. The number of nitrogens with one attached hydrogen (secondary N) is 1. The predicted molar refractivity (Wildman–Crippen MR) is 101 cm³/mol. The number of hydrogen-bond acceptors (Lipinski definition) is 4. The number of unbranched alkanes of at least 4 members (excludes halogenated alkanes) is 1. The number of aliphatic imine (C=N–C) groups is 1. The molecule has 2 aromatic rings. The van der Waals surface area contributed by atoms with Gasteiger partial charge in [-0.3, -0.25) is 4.99 Å². The van der Waals surface area contributed by atoms with E-state index in [1.54, 1.807) is 30.5 Å². The summed E-state index contributed by atoms with van der Waals surface area (Å²) in [6, 6.07) is 14.2. The molecule has 2 aromatic carbocycles. The van der Waals surface area contributed by atoms with Gasteiger partial charge in [0.1, 0.15) is 5.75 Å². The van der Waals surface area contributed by atoms with Gasteiger partial charge in [0.25, 0.3) is 0 Å². The summed E-state index contributed by atoms with van der Waals surface area (Å²) < 4.78 is 32.2. The minimum Gasteiger partial charge on any atom is -0.494 e. The Kier molecular flexibility index (Phi) is 7.16. The average molecular weight is 360 g/mol. The van der Waals surface area contributed by atoms with Gasteiger partial charge in [-0.15, -0.1) is 0 Å². The van der Waals surface area contributed by atoms with E-state index in [9.17, 15) is 8.42 Å². The number of sulfonamides is 1. The Bertz CT molecular complexity index is 782. The van der Waals surface area contributed by atoms with Crippen molar-refractivity contribution in [3.63, 3.8) is 0 Å². The molecule has 0 aliphatic heterocycles. The molecule has 0 unspecified atom stereocenters.